The number of carbonyl (C=O) groups excluding carboxylic acids is 1. The maximum atomic E-state index is 12.1. The fourth-order valence-electron chi connectivity index (χ4n) is 1.73. The summed E-state index contributed by atoms with van der Waals surface area (Å²) in [6.45, 7) is 6.23. The van der Waals surface area contributed by atoms with Gasteiger partial charge >= 0.3 is 0 Å². The first-order valence-corrected chi connectivity index (χ1v) is 5.96. The van der Waals surface area contributed by atoms with E-state index >= 15 is 0 Å². The minimum atomic E-state index is -0.00333. The van der Waals surface area contributed by atoms with E-state index in [-0.39, 0.29) is 11.9 Å². The van der Waals surface area contributed by atoms with Gasteiger partial charge in [-0.05, 0) is 31.0 Å². The first-order chi connectivity index (χ1) is 8.09. The number of hydrogen-bond acceptors (Lipinski definition) is 1. The largest absolute Gasteiger partial charge is 0.361 e. The molecule has 1 unspecified atom stereocenters. The number of benzene rings is 1. The maximum absolute atomic E-state index is 12.1. The van der Waals surface area contributed by atoms with Crippen LogP contribution < -0.4 is 5.32 Å². The molecule has 17 heavy (non-hydrogen) atoms. The molecule has 1 heterocycles. The van der Waals surface area contributed by atoms with Crippen molar-refractivity contribution in [1.29, 1.82) is 0 Å². The number of carbonyl (C=O) groups is 1. The molecule has 0 aliphatic rings. The number of hydrogen-bond donors (Lipinski definition) is 2. The van der Waals surface area contributed by atoms with E-state index in [1.807, 2.05) is 37.4 Å². The molecular weight excluding hydrogens is 212 g/mol. The van der Waals surface area contributed by atoms with Gasteiger partial charge in [-0.25, -0.2) is 0 Å². The molecule has 0 fully saturated rings. The maximum Gasteiger partial charge on any atom is 0.252 e. The Labute approximate surface area is 101 Å². The van der Waals surface area contributed by atoms with Crippen LogP contribution >= 0.6 is 0 Å². The highest BCUT2D eigenvalue weighted by Crippen LogP contribution is 2.17. The third kappa shape index (κ3) is 2.33. The Hall–Kier alpha value is -1.77. The minimum absolute atomic E-state index is 0.00333. The second kappa shape index (κ2) is 4.62. The molecule has 0 saturated carbocycles. The zero-order chi connectivity index (χ0) is 12.4. The molecule has 90 valence electrons. The number of aromatic amines is 1. The first kappa shape index (κ1) is 11.7. The van der Waals surface area contributed by atoms with Crippen molar-refractivity contribution in [2.45, 2.75) is 26.8 Å². The normalized spacial score (nSPS) is 12.9. The highest BCUT2D eigenvalue weighted by Gasteiger charge is 2.14. The number of fused-ring (bicyclic) bond motifs is 1. The third-order valence-electron chi connectivity index (χ3n) is 3.20. The van der Waals surface area contributed by atoms with Crippen molar-refractivity contribution in [2.75, 3.05) is 0 Å². The fourth-order valence-corrected chi connectivity index (χ4v) is 1.73. The molecule has 2 rings (SSSR count). The highest BCUT2D eigenvalue weighted by molar-refractivity contribution is 6.06. The molecular formula is C14H18N2O. The van der Waals surface area contributed by atoms with E-state index in [0.717, 1.165) is 16.5 Å². The van der Waals surface area contributed by atoms with Gasteiger partial charge in [0.2, 0.25) is 0 Å². The first-order valence-electron chi connectivity index (χ1n) is 5.96. The summed E-state index contributed by atoms with van der Waals surface area (Å²) in [6, 6.07) is 7.84. The quantitative estimate of drug-likeness (QED) is 0.836. The lowest BCUT2D eigenvalue weighted by Gasteiger charge is -2.17. The van der Waals surface area contributed by atoms with Crippen LogP contribution in [0.1, 0.15) is 31.1 Å². The summed E-state index contributed by atoms with van der Waals surface area (Å²) < 4.78 is 0. The van der Waals surface area contributed by atoms with Gasteiger partial charge in [0.05, 0.1) is 0 Å². The predicted octanol–water partition coefficient (Wildman–Crippen LogP) is 2.94. The molecule has 0 aliphatic carbocycles. The van der Waals surface area contributed by atoms with E-state index in [1.54, 1.807) is 0 Å². The van der Waals surface area contributed by atoms with Crippen LogP contribution in [0.25, 0.3) is 10.9 Å². The predicted molar refractivity (Wildman–Crippen MR) is 70.1 cm³/mol. The molecule has 2 N–H and O–H groups in total. The van der Waals surface area contributed by atoms with Crippen LogP contribution in [0.4, 0.5) is 0 Å². The second-order valence-corrected chi connectivity index (χ2v) is 4.75. The van der Waals surface area contributed by atoms with Gasteiger partial charge in [0.15, 0.2) is 0 Å². The lowest BCUT2D eigenvalue weighted by molar-refractivity contribution is 0.0932. The number of aromatic nitrogens is 1. The molecule has 3 nitrogen and oxygen atoms in total. The van der Waals surface area contributed by atoms with Crippen molar-refractivity contribution < 1.29 is 4.79 Å². The molecule has 1 amide bonds. The van der Waals surface area contributed by atoms with E-state index in [1.165, 1.54) is 0 Å². The van der Waals surface area contributed by atoms with E-state index in [0.29, 0.717) is 5.92 Å². The summed E-state index contributed by atoms with van der Waals surface area (Å²) in [5.74, 6) is 0.431. The van der Waals surface area contributed by atoms with Crippen molar-refractivity contribution >= 4 is 16.8 Å². The Morgan fingerprint density at radius 2 is 2.00 bits per heavy atom. The minimum Gasteiger partial charge on any atom is -0.361 e. The number of amides is 1. The van der Waals surface area contributed by atoms with Crippen molar-refractivity contribution in [1.82, 2.24) is 10.3 Å². The van der Waals surface area contributed by atoms with E-state index < -0.39 is 0 Å². The molecule has 0 aliphatic heterocycles. The third-order valence-corrected chi connectivity index (χ3v) is 3.20. The van der Waals surface area contributed by atoms with Crippen LogP contribution in [-0.4, -0.2) is 16.9 Å². The molecule has 1 aromatic heterocycles. The fraction of sp³-hybridized carbons (Fsp3) is 0.357. The lowest BCUT2D eigenvalue weighted by atomic mass is 10.0. The molecule has 0 spiro atoms. The van der Waals surface area contributed by atoms with Crippen LogP contribution in [0.2, 0.25) is 0 Å². The second-order valence-electron chi connectivity index (χ2n) is 4.75. The average Bonchev–Trinajstić information content (AvgIpc) is 2.76. The van der Waals surface area contributed by atoms with Crippen LogP contribution in [0.5, 0.6) is 0 Å². The van der Waals surface area contributed by atoms with Crippen molar-refractivity contribution in [3.63, 3.8) is 0 Å². The molecule has 1 atom stereocenters. The number of H-pyrrole nitrogens is 1. The molecule has 0 bridgehead atoms. The van der Waals surface area contributed by atoms with Gasteiger partial charge in [-0.1, -0.05) is 19.9 Å². The zero-order valence-electron chi connectivity index (χ0n) is 10.4. The Kier molecular flexibility index (Phi) is 3.18. The standard InChI is InChI=1S/C14H18N2O/c1-9(2)10(3)16-14(17)12-5-4-6-13-11(12)7-8-15-13/h4-10,15H,1-3H3,(H,16,17). The Morgan fingerprint density at radius 1 is 1.24 bits per heavy atom. The summed E-state index contributed by atoms with van der Waals surface area (Å²) in [6.07, 6.45) is 1.85. The molecule has 1 aromatic carbocycles. The summed E-state index contributed by atoms with van der Waals surface area (Å²) in [5.41, 5.74) is 1.73. The van der Waals surface area contributed by atoms with Crippen LogP contribution in [-0.2, 0) is 0 Å². The van der Waals surface area contributed by atoms with Gasteiger partial charge in [0.25, 0.3) is 5.91 Å². The van der Waals surface area contributed by atoms with Gasteiger partial charge in [-0.15, -0.1) is 0 Å². The molecule has 3 heteroatoms. The monoisotopic (exact) mass is 230 g/mol. The van der Waals surface area contributed by atoms with Gasteiger partial charge in [0, 0.05) is 28.7 Å². The molecule has 2 aromatic rings. The van der Waals surface area contributed by atoms with Crippen LogP contribution in [0.15, 0.2) is 30.5 Å². The van der Waals surface area contributed by atoms with Crippen molar-refractivity contribution in [2.24, 2.45) is 5.92 Å². The van der Waals surface area contributed by atoms with Gasteiger partial charge < -0.3 is 10.3 Å². The van der Waals surface area contributed by atoms with E-state index in [2.05, 4.69) is 24.1 Å². The molecule has 0 radical (unpaired) electrons. The lowest BCUT2D eigenvalue weighted by Crippen LogP contribution is -2.36. The Balaban J connectivity index is 2.27. The van der Waals surface area contributed by atoms with Crippen molar-refractivity contribution in [3.8, 4) is 0 Å². The average molecular weight is 230 g/mol. The van der Waals surface area contributed by atoms with Gasteiger partial charge in [0.1, 0.15) is 0 Å². The topological polar surface area (TPSA) is 44.9 Å². The SMILES string of the molecule is CC(C)C(C)NC(=O)c1cccc2[nH]ccc12. The van der Waals surface area contributed by atoms with Crippen LogP contribution in [0.3, 0.4) is 0 Å². The summed E-state index contributed by atoms with van der Waals surface area (Å²) in [4.78, 5) is 15.3. The van der Waals surface area contributed by atoms with Crippen LogP contribution in [0, 0.1) is 5.92 Å². The van der Waals surface area contributed by atoms with Crippen molar-refractivity contribution in [3.05, 3.63) is 36.0 Å². The summed E-state index contributed by atoms with van der Waals surface area (Å²) in [5, 5.41) is 4.00. The summed E-state index contributed by atoms with van der Waals surface area (Å²) >= 11 is 0. The number of nitrogens with one attached hydrogen (secondary N) is 2. The highest BCUT2D eigenvalue weighted by atomic mass is 16.1. The summed E-state index contributed by atoms with van der Waals surface area (Å²) in [7, 11) is 0. The van der Waals surface area contributed by atoms with Gasteiger partial charge in [-0.3, -0.25) is 4.79 Å². The number of rotatable bonds is 3. The van der Waals surface area contributed by atoms with E-state index in [9.17, 15) is 4.79 Å². The van der Waals surface area contributed by atoms with Gasteiger partial charge in [-0.2, -0.15) is 0 Å². The zero-order valence-corrected chi connectivity index (χ0v) is 10.4. The Bertz CT molecular complexity index is 528. The molecule has 0 saturated heterocycles. The van der Waals surface area contributed by atoms with E-state index in [4.69, 9.17) is 0 Å². The Morgan fingerprint density at radius 3 is 2.71 bits per heavy atom. The smallest absolute Gasteiger partial charge is 0.252 e.